The zero-order valence-electron chi connectivity index (χ0n) is 14.7. The van der Waals surface area contributed by atoms with Crippen LogP contribution < -0.4 is 0 Å². The highest BCUT2D eigenvalue weighted by Crippen LogP contribution is 2.15. The number of carbonyl (C=O) groups excluding carboxylic acids is 1. The van der Waals surface area contributed by atoms with Gasteiger partial charge in [-0.3, -0.25) is 9.69 Å². The van der Waals surface area contributed by atoms with Crippen molar-refractivity contribution < 1.29 is 9.53 Å². The third-order valence-corrected chi connectivity index (χ3v) is 4.16. The lowest BCUT2D eigenvalue weighted by Crippen LogP contribution is -2.44. The summed E-state index contributed by atoms with van der Waals surface area (Å²) >= 11 is 0. The first kappa shape index (κ1) is 18.0. The minimum atomic E-state index is 0.228. The van der Waals surface area contributed by atoms with Crippen LogP contribution in [0.1, 0.15) is 32.3 Å². The zero-order chi connectivity index (χ0) is 16.7. The van der Waals surface area contributed by atoms with Crippen molar-refractivity contribution in [2.45, 2.75) is 39.3 Å². The molecule has 1 aliphatic heterocycles. The molecule has 4 nitrogen and oxygen atoms in total. The molecule has 0 atom stereocenters. The fraction of sp³-hybridized carbons (Fsp3) is 0.632. The summed E-state index contributed by atoms with van der Waals surface area (Å²) in [5, 5.41) is 0. The number of piperidine rings is 1. The van der Waals surface area contributed by atoms with Crippen LogP contribution in [0.5, 0.6) is 0 Å². The second kappa shape index (κ2) is 9.04. The number of likely N-dealkylation sites (tertiary alicyclic amines) is 1. The van der Waals surface area contributed by atoms with Gasteiger partial charge in [0.1, 0.15) is 0 Å². The monoisotopic (exact) mass is 318 g/mol. The molecule has 23 heavy (non-hydrogen) atoms. The number of hydrogen-bond acceptors (Lipinski definition) is 3. The SMILES string of the molecule is CC(C)COC1CCN(C(=O)CN(C)Cc2ccccc2)CC1. The molecular formula is C19H30N2O2. The molecule has 1 aromatic rings. The van der Waals surface area contributed by atoms with Gasteiger partial charge in [0.05, 0.1) is 12.6 Å². The number of nitrogens with zero attached hydrogens (tertiary/aromatic N) is 2. The van der Waals surface area contributed by atoms with Gasteiger partial charge in [-0.15, -0.1) is 0 Å². The van der Waals surface area contributed by atoms with Gasteiger partial charge in [0, 0.05) is 26.2 Å². The van der Waals surface area contributed by atoms with Gasteiger partial charge in [0.15, 0.2) is 0 Å². The normalized spacial score (nSPS) is 16.3. The summed E-state index contributed by atoms with van der Waals surface area (Å²) in [6.07, 6.45) is 2.24. The zero-order valence-corrected chi connectivity index (χ0v) is 14.7. The van der Waals surface area contributed by atoms with E-state index in [1.165, 1.54) is 5.56 Å². The van der Waals surface area contributed by atoms with Gasteiger partial charge < -0.3 is 9.64 Å². The summed E-state index contributed by atoms with van der Waals surface area (Å²) in [5.74, 6) is 0.798. The molecule has 1 heterocycles. The van der Waals surface area contributed by atoms with Crippen molar-refractivity contribution in [3.05, 3.63) is 35.9 Å². The Morgan fingerprint density at radius 2 is 1.91 bits per heavy atom. The number of rotatable bonds is 7. The van der Waals surface area contributed by atoms with Crippen molar-refractivity contribution in [2.75, 3.05) is 33.3 Å². The van der Waals surface area contributed by atoms with Gasteiger partial charge in [-0.1, -0.05) is 44.2 Å². The molecule has 0 aromatic heterocycles. The van der Waals surface area contributed by atoms with E-state index in [-0.39, 0.29) is 5.91 Å². The van der Waals surface area contributed by atoms with Crippen molar-refractivity contribution in [3.63, 3.8) is 0 Å². The Hall–Kier alpha value is -1.39. The van der Waals surface area contributed by atoms with Crippen LogP contribution in [0.4, 0.5) is 0 Å². The number of hydrogen-bond donors (Lipinski definition) is 0. The molecule has 4 heteroatoms. The summed E-state index contributed by atoms with van der Waals surface area (Å²) in [7, 11) is 2.00. The van der Waals surface area contributed by atoms with Crippen LogP contribution in [0.25, 0.3) is 0 Å². The summed E-state index contributed by atoms with van der Waals surface area (Å²) in [6.45, 7) is 8.08. The number of ether oxygens (including phenoxy) is 1. The van der Waals surface area contributed by atoms with Crippen LogP contribution in [-0.4, -0.2) is 55.1 Å². The van der Waals surface area contributed by atoms with Crippen molar-refractivity contribution in [1.29, 1.82) is 0 Å². The van der Waals surface area contributed by atoms with E-state index >= 15 is 0 Å². The molecule has 0 saturated carbocycles. The molecule has 1 saturated heterocycles. The number of carbonyl (C=O) groups is 1. The molecule has 1 amide bonds. The van der Waals surface area contributed by atoms with Crippen molar-refractivity contribution >= 4 is 5.91 Å². The Morgan fingerprint density at radius 3 is 2.52 bits per heavy atom. The van der Waals surface area contributed by atoms with Crippen LogP contribution in [0.3, 0.4) is 0 Å². The molecule has 0 N–H and O–H groups in total. The van der Waals surface area contributed by atoms with Gasteiger partial charge in [-0.2, -0.15) is 0 Å². The molecule has 0 unspecified atom stereocenters. The Labute approximate surface area is 140 Å². The lowest BCUT2D eigenvalue weighted by molar-refractivity contribution is -0.135. The van der Waals surface area contributed by atoms with Gasteiger partial charge in [-0.05, 0) is 31.4 Å². The Bertz CT molecular complexity index is 468. The maximum atomic E-state index is 12.4. The van der Waals surface area contributed by atoms with Gasteiger partial charge in [0.2, 0.25) is 5.91 Å². The number of likely N-dealkylation sites (N-methyl/N-ethyl adjacent to an activating group) is 1. The van der Waals surface area contributed by atoms with Gasteiger partial charge in [-0.25, -0.2) is 0 Å². The van der Waals surface area contributed by atoms with E-state index in [0.29, 0.717) is 18.6 Å². The minimum Gasteiger partial charge on any atom is -0.378 e. The highest BCUT2D eigenvalue weighted by atomic mass is 16.5. The Morgan fingerprint density at radius 1 is 1.26 bits per heavy atom. The van der Waals surface area contributed by atoms with Gasteiger partial charge >= 0.3 is 0 Å². The van der Waals surface area contributed by atoms with Crippen LogP contribution in [0.2, 0.25) is 0 Å². The molecule has 0 bridgehead atoms. The minimum absolute atomic E-state index is 0.228. The summed E-state index contributed by atoms with van der Waals surface area (Å²) in [4.78, 5) is 16.5. The lowest BCUT2D eigenvalue weighted by Gasteiger charge is -2.33. The van der Waals surface area contributed by atoms with E-state index < -0.39 is 0 Å². The first-order chi connectivity index (χ1) is 11.0. The maximum Gasteiger partial charge on any atom is 0.236 e. The smallest absolute Gasteiger partial charge is 0.236 e. The van der Waals surface area contributed by atoms with E-state index in [2.05, 4.69) is 30.9 Å². The Balaban J connectivity index is 1.70. The second-order valence-corrected chi connectivity index (χ2v) is 6.97. The molecule has 128 valence electrons. The predicted molar refractivity (Wildman–Crippen MR) is 93.2 cm³/mol. The van der Waals surface area contributed by atoms with Gasteiger partial charge in [0.25, 0.3) is 0 Å². The summed E-state index contributed by atoms with van der Waals surface area (Å²) in [5.41, 5.74) is 1.24. The quantitative estimate of drug-likeness (QED) is 0.775. The highest BCUT2D eigenvalue weighted by molar-refractivity contribution is 5.78. The number of amides is 1. The molecule has 1 aromatic carbocycles. The molecule has 1 fully saturated rings. The van der Waals surface area contributed by atoms with E-state index in [1.807, 2.05) is 30.1 Å². The van der Waals surface area contributed by atoms with Crippen molar-refractivity contribution in [1.82, 2.24) is 9.80 Å². The van der Waals surface area contributed by atoms with Crippen LogP contribution in [0, 0.1) is 5.92 Å². The second-order valence-electron chi connectivity index (χ2n) is 6.97. The molecule has 0 aliphatic carbocycles. The van der Waals surface area contributed by atoms with E-state index in [1.54, 1.807) is 0 Å². The lowest BCUT2D eigenvalue weighted by atomic mass is 10.1. The molecule has 0 spiro atoms. The molecule has 2 rings (SSSR count). The fourth-order valence-electron chi connectivity index (χ4n) is 2.88. The van der Waals surface area contributed by atoms with Crippen molar-refractivity contribution in [2.24, 2.45) is 5.92 Å². The first-order valence-electron chi connectivity index (χ1n) is 8.66. The number of benzene rings is 1. The van der Waals surface area contributed by atoms with Crippen LogP contribution in [0.15, 0.2) is 30.3 Å². The predicted octanol–water partition coefficient (Wildman–Crippen LogP) is 2.78. The average molecular weight is 318 g/mol. The van der Waals surface area contributed by atoms with E-state index in [0.717, 1.165) is 39.1 Å². The fourth-order valence-corrected chi connectivity index (χ4v) is 2.88. The third-order valence-electron chi connectivity index (χ3n) is 4.16. The van der Waals surface area contributed by atoms with Crippen molar-refractivity contribution in [3.8, 4) is 0 Å². The Kier molecular flexibility index (Phi) is 7.06. The maximum absolute atomic E-state index is 12.4. The van der Waals surface area contributed by atoms with Crippen LogP contribution >= 0.6 is 0 Å². The molecule has 1 aliphatic rings. The first-order valence-corrected chi connectivity index (χ1v) is 8.66. The standard InChI is InChI=1S/C19H30N2O2/c1-16(2)15-23-18-9-11-21(12-10-18)19(22)14-20(3)13-17-7-5-4-6-8-17/h4-8,16,18H,9-15H2,1-3H3. The average Bonchev–Trinajstić information content (AvgIpc) is 2.54. The molecule has 0 radical (unpaired) electrons. The molecular weight excluding hydrogens is 288 g/mol. The van der Waals surface area contributed by atoms with E-state index in [9.17, 15) is 4.79 Å². The van der Waals surface area contributed by atoms with E-state index in [4.69, 9.17) is 4.74 Å². The third kappa shape index (κ3) is 6.32. The summed E-state index contributed by atoms with van der Waals surface area (Å²) in [6, 6.07) is 10.3. The topological polar surface area (TPSA) is 32.8 Å². The highest BCUT2D eigenvalue weighted by Gasteiger charge is 2.23. The van der Waals surface area contributed by atoms with Crippen LogP contribution in [-0.2, 0) is 16.1 Å². The largest absolute Gasteiger partial charge is 0.378 e. The summed E-state index contributed by atoms with van der Waals surface area (Å²) < 4.78 is 5.88.